The van der Waals surface area contributed by atoms with Crippen LogP contribution in [-0.4, -0.2) is 42.3 Å². The highest BCUT2D eigenvalue weighted by atomic mass is 32.2. The van der Waals surface area contributed by atoms with Crippen LogP contribution in [0.2, 0.25) is 0 Å². The average Bonchev–Trinajstić information content (AvgIpc) is 3.24. The van der Waals surface area contributed by atoms with Crippen molar-refractivity contribution >= 4 is 15.5 Å². The van der Waals surface area contributed by atoms with Gasteiger partial charge in [0.2, 0.25) is 10.0 Å². The van der Waals surface area contributed by atoms with Crippen LogP contribution in [0.3, 0.4) is 0 Å². The molecule has 3 heterocycles. The first-order valence-corrected chi connectivity index (χ1v) is 12.3. The third kappa shape index (κ3) is 4.00. The third-order valence-corrected chi connectivity index (χ3v) is 7.96. The number of methoxy groups -OCH3 is 1. The van der Waals surface area contributed by atoms with E-state index in [4.69, 9.17) is 9.72 Å². The number of ether oxygens (including phenoxy) is 1. The van der Waals surface area contributed by atoms with Crippen molar-refractivity contribution in [2.24, 2.45) is 0 Å². The van der Waals surface area contributed by atoms with Gasteiger partial charge in [0.15, 0.2) is 0 Å². The van der Waals surface area contributed by atoms with Crippen LogP contribution in [0.5, 0.6) is 5.75 Å². The molecule has 170 valence electrons. The fourth-order valence-electron chi connectivity index (χ4n) is 4.48. The molecule has 0 spiro atoms. The number of piperidine rings is 1. The van der Waals surface area contributed by atoms with Crippen LogP contribution in [0.4, 0.5) is 4.39 Å². The lowest BCUT2D eigenvalue weighted by Gasteiger charge is -2.31. The van der Waals surface area contributed by atoms with Gasteiger partial charge in [-0.1, -0.05) is 24.3 Å². The van der Waals surface area contributed by atoms with E-state index >= 15 is 0 Å². The molecule has 0 aliphatic carbocycles. The molecule has 5 rings (SSSR count). The van der Waals surface area contributed by atoms with Gasteiger partial charge in [0.05, 0.1) is 23.2 Å². The molecule has 1 unspecified atom stereocenters. The summed E-state index contributed by atoms with van der Waals surface area (Å²) in [5.41, 5.74) is 2.71. The van der Waals surface area contributed by atoms with E-state index in [2.05, 4.69) is 0 Å². The highest BCUT2D eigenvalue weighted by molar-refractivity contribution is 7.89. The summed E-state index contributed by atoms with van der Waals surface area (Å²) in [4.78, 5) is 4.97. The van der Waals surface area contributed by atoms with Gasteiger partial charge in [-0.05, 0) is 55.3 Å². The van der Waals surface area contributed by atoms with Crippen LogP contribution in [0.25, 0.3) is 16.8 Å². The quantitative estimate of drug-likeness (QED) is 0.428. The molecule has 0 radical (unpaired) electrons. The molecule has 0 bridgehead atoms. The number of pyridine rings is 1. The molecule has 2 aromatic heterocycles. The second-order valence-electron chi connectivity index (χ2n) is 8.17. The van der Waals surface area contributed by atoms with Crippen LogP contribution < -0.4 is 4.74 Å². The Hall–Kier alpha value is -3.23. The van der Waals surface area contributed by atoms with Gasteiger partial charge < -0.3 is 9.14 Å². The Morgan fingerprint density at radius 1 is 1.06 bits per heavy atom. The summed E-state index contributed by atoms with van der Waals surface area (Å²) >= 11 is 0. The van der Waals surface area contributed by atoms with Crippen molar-refractivity contribution in [2.75, 3.05) is 20.2 Å². The maximum Gasteiger partial charge on any atom is 0.243 e. The molecule has 2 aromatic carbocycles. The molecule has 0 saturated carbocycles. The highest BCUT2D eigenvalue weighted by Gasteiger charge is 2.33. The lowest BCUT2D eigenvalue weighted by atomic mass is 9.99. The van der Waals surface area contributed by atoms with Crippen LogP contribution in [-0.2, 0) is 10.0 Å². The molecular formula is C25H24FN3O3S. The molecule has 1 saturated heterocycles. The largest absolute Gasteiger partial charge is 0.497 e. The number of rotatable bonds is 5. The predicted molar refractivity (Wildman–Crippen MR) is 124 cm³/mol. The Morgan fingerprint density at radius 3 is 2.73 bits per heavy atom. The number of hydrogen-bond donors (Lipinski definition) is 0. The average molecular weight is 466 g/mol. The molecule has 0 N–H and O–H groups in total. The number of sulfonamides is 1. The number of fused-ring (bicyclic) bond motifs is 1. The predicted octanol–water partition coefficient (Wildman–Crippen LogP) is 4.72. The minimum atomic E-state index is -3.79. The first-order valence-electron chi connectivity index (χ1n) is 10.8. The van der Waals surface area contributed by atoms with Crippen molar-refractivity contribution in [3.05, 3.63) is 84.6 Å². The smallest absolute Gasteiger partial charge is 0.243 e. The second-order valence-corrected chi connectivity index (χ2v) is 10.1. The first-order chi connectivity index (χ1) is 16.0. The van der Waals surface area contributed by atoms with E-state index < -0.39 is 15.8 Å². The van der Waals surface area contributed by atoms with Gasteiger partial charge in [0, 0.05) is 30.8 Å². The van der Waals surface area contributed by atoms with Crippen molar-refractivity contribution in [3.8, 4) is 17.0 Å². The van der Waals surface area contributed by atoms with E-state index in [-0.39, 0.29) is 10.8 Å². The van der Waals surface area contributed by atoms with Crippen molar-refractivity contribution in [3.63, 3.8) is 0 Å². The molecule has 1 fully saturated rings. The van der Waals surface area contributed by atoms with Gasteiger partial charge in [-0.25, -0.2) is 17.8 Å². The number of nitrogens with zero attached hydrogens (tertiary/aromatic N) is 3. The summed E-state index contributed by atoms with van der Waals surface area (Å²) in [5.74, 6) is 0.918. The lowest BCUT2D eigenvalue weighted by Crippen LogP contribution is -2.39. The normalized spacial score (nSPS) is 17.3. The van der Waals surface area contributed by atoms with Crippen LogP contribution in [0, 0.1) is 5.82 Å². The monoisotopic (exact) mass is 465 g/mol. The number of aromatic nitrogens is 2. The van der Waals surface area contributed by atoms with E-state index in [1.54, 1.807) is 7.11 Å². The minimum Gasteiger partial charge on any atom is -0.497 e. The van der Waals surface area contributed by atoms with Crippen LogP contribution in [0.15, 0.2) is 77.8 Å². The minimum absolute atomic E-state index is 0.0202. The number of imidazole rings is 1. The fourth-order valence-corrected chi connectivity index (χ4v) is 6.04. The Balaban J connectivity index is 1.53. The van der Waals surface area contributed by atoms with Crippen molar-refractivity contribution in [1.29, 1.82) is 0 Å². The summed E-state index contributed by atoms with van der Waals surface area (Å²) < 4.78 is 49.0. The molecule has 1 aliphatic rings. The van der Waals surface area contributed by atoms with Gasteiger partial charge in [0.25, 0.3) is 0 Å². The molecular weight excluding hydrogens is 441 g/mol. The maximum atomic E-state index is 13.7. The molecule has 4 aromatic rings. The van der Waals surface area contributed by atoms with E-state index in [0.717, 1.165) is 40.8 Å². The standard InChI is InChI=1S/C25H24FN3O3S/c1-32-21-10-4-7-18(15-21)24-23-12-2-3-14-29(23)25(27-24)19-8-6-13-28(17-19)33(30,31)22-11-5-9-20(26)16-22/h2-5,7,9-12,14-16,19H,6,8,13,17H2,1H3. The van der Waals surface area contributed by atoms with Crippen molar-refractivity contribution in [2.45, 2.75) is 23.7 Å². The van der Waals surface area contributed by atoms with Crippen LogP contribution >= 0.6 is 0 Å². The molecule has 1 atom stereocenters. The van der Waals surface area contributed by atoms with Crippen molar-refractivity contribution in [1.82, 2.24) is 13.7 Å². The van der Waals surface area contributed by atoms with E-state index in [1.165, 1.54) is 22.5 Å². The summed E-state index contributed by atoms with van der Waals surface area (Å²) in [6.45, 7) is 0.700. The number of hydrogen-bond acceptors (Lipinski definition) is 4. The topological polar surface area (TPSA) is 63.9 Å². The molecule has 1 aliphatic heterocycles. The Kier molecular flexibility index (Phi) is 5.64. The fraction of sp³-hybridized carbons (Fsp3) is 0.240. The Morgan fingerprint density at radius 2 is 1.91 bits per heavy atom. The van der Waals surface area contributed by atoms with Crippen molar-refractivity contribution < 1.29 is 17.5 Å². The molecule has 0 amide bonds. The SMILES string of the molecule is COc1cccc(-c2nc(C3CCCN(S(=O)(=O)c4cccc(F)c4)C3)n3ccccc23)c1. The van der Waals surface area contributed by atoms with Gasteiger partial charge in [-0.15, -0.1) is 0 Å². The first kappa shape index (κ1) is 21.6. The second kappa shape index (κ2) is 8.61. The van der Waals surface area contributed by atoms with E-state index in [0.29, 0.717) is 19.5 Å². The van der Waals surface area contributed by atoms with Gasteiger partial charge in [-0.3, -0.25) is 0 Å². The van der Waals surface area contributed by atoms with Gasteiger partial charge >= 0.3 is 0 Å². The van der Waals surface area contributed by atoms with Gasteiger partial charge in [-0.2, -0.15) is 4.31 Å². The molecule has 6 nitrogen and oxygen atoms in total. The van der Waals surface area contributed by atoms with E-state index in [9.17, 15) is 12.8 Å². The van der Waals surface area contributed by atoms with Gasteiger partial charge in [0.1, 0.15) is 17.4 Å². The summed E-state index contributed by atoms with van der Waals surface area (Å²) in [6, 6.07) is 18.8. The van der Waals surface area contributed by atoms with Crippen LogP contribution in [0.1, 0.15) is 24.6 Å². The zero-order chi connectivity index (χ0) is 23.0. The summed E-state index contributed by atoms with van der Waals surface area (Å²) in [7, 11) is -2.16. The number of benzene rings is 2. The number of halogens is 1. The third-order valence-electron chi connectivity index (χ3n) is 6.10. The van der Waals surface area contributed by atoms with E-state index in [1.807, 2.05) is 53.1 Å². The molecule has 33 heavy (non-hydrogen) atoms. The maximum absolute atomic E-state index is 13.7. The summed E-state index contributed by atoms with van der Waals surface area (Å²) in [5, 5.41) is 0. The highest BCUT2D eigenvalue weighted by Crippen LogP contribution is 2.34. The zero-order valence-electron chi connectivity index (χ0n) is 18.2. The Labute approximate surface area is 192 Å². The molecule has 8 heteroatoms. The summed E-state index contributed by atoms with van der Waals surface area (Å²) in [6.07, 6.45) is 3.48. The zero-order valence-corrected chi connectivity index (χ0v) is 19.0. The lowest BCUT2D eigenvalue weighted by molar-refractivity contribution is 0.308. The Bertz CT molecular complexity index is 1420.